The zero-order valence-electron chi connectivity index (χ0n) is 8.16. The highest BCUT2D eigenvalue weighted by molar-refractivity contribution is 6.00. The lowest BCUT2D eigenvalue weighted by molar-refractivity contribution is 0.0998. The van der Waals surface area contributed by atoms with Crippen molar-refractivity contribution in [3.05, 3.63) is 42.2 Å². The third-order valence-electron chi connectivity index (χ3n) is 2.25. The fourth-order valence-corrected chi connectivity index (χ4v) is 1.48. The summed E-state index contributed by atoms with van der Waals surface area (Å²) in [4.78, 5) is 19.6. The molecule has 3 rings (SSSR count). The average molecular weight is 210 g/mol. The maximum Gasteiger partial charge on any atom is 0.316 e. The van der Waals surface area contributed by atoms with Crippen LogP contribution in [0.4, 0.5) is 5.69 Å². The van der Waals surface area contributed by atoms with E-state index in [9.17, 15) is 4.79 Å². The van der Waals surface area contributed by atoms with Gasteiger partial charge in [0.15, 0.2) is 11.5 Å². The van der Waals surface area contributed by atoms with Crippen molar-refractivity contribution >= 4 is 11.6 Å². The Morgan fingerprint density at radius 2 is 1.81 bits per heavy atom. The Morgan fingerprint density at radius 1 is 1.00 bits per heavy atom. The molecular weight excluding hydrogens is 204 g/mol. The van der Waals surface area contributed by atoms with Gasteiger partial charge in [-0.05, 0) is 0 Å². The molecule has 0 aliphatic carbocycles. The van der Waals surface area contributed by atoms with Gasteiger partial charge in [0.25, 0.3) is 0 Å². The van der Waals surface area contributed by atoms with E-state index < -0.39 is 5.91 Å². The molecule has 0 unspecified atom stereocenters. The Labute approximate surface area is 90.9 Å². The molecule has 0 N–H and O–H groups in total. The molecule has 0 radical (unpaired) electrons. The second kappa shape index (κ2) is 3.30. The summed E-state index contributed by atoms with van der Waals surface area (Å²) in [5.41, 5.74) is 1.57. The number of hydrogen-bond donors (Lipinski definition) is 0. The summed E-state index contributed by atoms with van der Waals surface area (Å²) in [5.74, 6) is 0.106. The summed E-state index contributed by atoms with van der Waals surface area (Å²) in [6, 6.07) is 9.46. The first-order valence-corrected chi connectivity index (χ1v) is 4.73. The molecule has 1 aromatic carbocycles. The number of rotatable bonds is 1. The van der Waals surface area contributed by atoms with E-state index in [2.05, 4.69) is 20.2 Å². The number of amides is 1. The number of nitrogens with zero attached hydrogens (tertiary/aromatic N) is 4. The quantitative estimate of drug-likeness (QED) is 0.725. The molecule has 16 heavy (non-hydrogen) atoms. The predicted octanol–water partition coefficient (Wildman–Crippen LogP) is 2.38. The maximum atomic E-state index is 11.3. The molecule has 1 amide bonds. The number of aromatic nitrogens is 2. The second-order valence-electron chi connectivity index (χ2n) is 3.30. The third-order valence-corrected chi connectivity index (χ3v) is 2.25. The number of carbonyl (C=O) groups excluding carboxylic acids is 1. The normalized spacial score (nSPS) is 12.9. The van der Waals surface area contributed by atoms with Crippen LogP contribution in [-0.4, -0.2) is 15.9 Å². The topological polar surface area (TPSA) is 67.6 Å². The highest BCUT2D eigenvalue weighted by Crippen LogP contribution is 2.26. The van der Waals surface area contributed by atoms with Crippen molar-refractivity contribution in [2.24, 2.45) is 10.2 Å². The summed E-state index contributed by atoms with van der Waals surface area (Å²) in [6.45, 7) is 0. The third kappa shape index (κ3) is 1.30. The van der Waals surface area contributed by atoms with Crippen molar-refractivity contribution in [3.63, 3.8) is 0 Å². The fourth-order valence-electron chi connectivity index (χ4n) is 1.48. The van der Waals surface area contributed by atoms with Crippen LogP contribution < -0.4 is 0 Å². The molecule has 0 fully saturated rings. The molecule has 0 atom stereocenters. The number of hydrogen-bond acceptors (Lipinski definition) is 4. The summed E-state index contributed by atoms with van der Waals surface area (Å²) in [6.07, 6.45) is 1.51. The molecule has 2 heterocycles. The van der Waals surface area contributed by atoms with Gasteiger partial charge in [-0.2, -0.15) is 0 Å². The fraction of sp³-hybridized carbons (Fsp3) is 0. The molecule has 1 aromatic heterocycles. The standard InChI is InChI=1S/C11H6N4O/c16-11-9-8(14-15-11)6-12-10(13-9)7-4-2-1-3-5-7/h1-6H. The number of benzene rings is 1. The van der Waals surface area contributed by atoms with Crippen LogP contribution in [0.1, 0.15) is 10.5 Å². The molecular formula is C11H6N4O. The van der Waals surface area contributed by atoms with Crippen molar-refractivity contribution in [2.75, 3.05) is 0 Å². The lowest BCUT2D eigenvalue weighted by Gasteiger charge is -2.00. The van der Waals surface area contributed by atoms with Crippen LogP contribution in [0.25, 0.3) is 11.4 Å². The predicted molar refractivity (Wildman–Crippen MR) is 56.3 cm³/mol. The number of fused-ring (bicyclic) bond motifs is 1. The Hall–Kier alpha value is -2.43. The summed E-state index contributed by atoms with van der Waals surface area (Å²) in [7, 11) is 0. The minimum absolute atomic E-state index is 0.272. The van der Waals surface area contributed by atoms with Crippen LogP contribution in [0.2, 0.25) is 0 Å². The van der Waals surface area contributed by atoms with Crippen molar-refractivity contribution in [2.45, 2.75) is 0 Å². The largest absolute Gasteiger partial charge is 0.316 e. The van der Waals surface area contributed by atoms with Gasteiger partial charge in [-0.25, -0.2) is 9.97 Å². The highest BCUT2D eigenvalue weighted by Gasteiger charge is 2.20. The van der Waals surface area contributed by atoms with Gasteiger partial charge in [-0.15, -0.1) is 10.2 Å². The molecule has 1 aliphatic heterocycles. The lowest BCUT2D eigenvalue weighted by atomic mass is 10.2. The van der Waals surface area contributed by atoms with Gasteiger partial charge in [-0.1, -0.05) is 30.3 Å². The Balaban J connectivity index is 2.13. The second-order valence-corrected chi connectivity index (χ2v) is 3.30. The van der Waals surface area contributed by atoms with E-state index in [1.54, 1.807) is 0 Å². The molecule has 0 bridgehead atoms. The van der Waals surface area contributed by atoms with E-state index in [-0.39, 0.29) is 5.69 Å². The monoisotopic (exact) mass is 210 g/mol. The SMILES string of the molecule is O=C1N=Nc2cnc(-c3ccccc3)nc21. The lowest BCUT2D eigenvalue weighted by Crippen LogP contribution is -1.97. The van der Waals surface area contributed by atoms with Crippen molar-refractivity contribution in [1.82, 2.24) is 9.97 Å². The molecule has 1 aliphatic rings. The smallest absolute Gasteiger partial charge is 0.263 e. The zero-order chi connectivity index (χ0) is 11.0. The Kier molecular flexibility index (Phi) is 1.83. The van der Waals surface area contributed by atoms with Crippen LogP contribution >= 0.6 is 0 Å². The molecule has 76 valence electrons. The highest BCUT2D eigenvalue weighted by atomic mass is 16.2. The maximum absolute atomic E-state index is 11.3. The summed E-state index contributed by atoms with van der Waals surface area (Å²) < 4.78 is 0. The van der Waals surface area contributed by atoms with E-state index in [0.29, 0.717) is 11.5 Å². The van der Waals surface area contributed by atoms with Crippen LogP contribution in [0.5, 0.6) is 0 Å². The van der Waals surface area contributed by atoms with Gasteiger partial charge in [0, 0.05) is 5.56 Å². The van der Waals surface area contributed by atoms with E-state index in [1.807, 2.05) is 30.3 Å². The molecule has 0 spiro atoms. The Bertz CT molecular complexity index is 592. The number of carbonyl (C=O) groups is 1. The van der Waals surface area contributed by atoms with Crippen LogP contribution in [0, 0.1) is 0 Å². The molecule has 5 nitrogen and oxygen atoms in total. The van der Waals surface area contributed by atoms with E-state index in [4.69, 9.17) is 0 Å². The zero-order valence-corrected chi connectivity index (χ0v) is 8.16. The van der Waals surface area contributed by atoms with Crippen molar-refractivity contribution < 1.29 is 4.79 Å². The first-order chi connectivity index (χ1) is 7.84. The summed E-state index contributed by atoms with van der Waals surface area (Å²) >= 11 is 0. The van der Waals surface area contributed by atoms with Gasteiger partial charge in [0.2, 0.25) is 0 Å². The van der Waals surface area contributed by atoms with Crippen LogP contribution in [0.3, 0.4) is 0 Å². The van der Waals surface area contributed by atoms with Gasteiger partial charge in [-0.3, -0.25) is 4.79 Å². The first-order valence-electron chi connectivity index (χ1n) is 4.73. The van der Waals surface area contributed by atoms with Gasteiger partial charge >= 0.3 is 5.91 Å². The molecule has 0 saturated carbocycles. The van der Waals surface area contributed by atoms with Crippen molar-refractivity contribution in [3.8, 4) is 11.4 Å². The van der Waals surface area contributed by atoms with Gasteiger partial charge < -0.3 is 0 Å². The molecule has 2 aromatic rings. The molecule has 0 saturated heterocycles. The van der Waals surface area contributed by atoms with Crippen LogP contribution in [0.15, 0.2) is 46.8 Å². The van der Waals surface area contributed by atoms with Gasteiger partial charge in [0.05, 0.1) is 6.20 Å². The average Bonchev–Trinajstić information content (AvgIpc) is 2.72. The minimum Gasteiger partial charge on any atom is -0.263 e. The molecule has 5 heteroatoms. The van der Waals surface area contributed by atoms with E-state index >= 15 is 0 Å². The summed E-state index contributed by atoms with van der Waals surface area (Å²) in [5, 5.41) is 7.09. The Morgan fingerprint density at radius 3 is 2.62 bits per heavy atom. The van der Waals surface area contributed by atoms with E-state index in [0.717, 1.165) is 5.56 Å². The van der Waals surface area contributed by atoms with Gasteiger partial charge in [0.1, 0.15) is 5.69 Å². The number of azo groups is 1. The van der Waals surface area contributed by atoms with E-state index in [1.165, 1.54) is 6.20 Å². The minimum atomic E-state index is -0.408. The van der Waals surface area contributed by atoms with Crippen molar-refractivity contribution in [1.29, 1.82) is 0 Å². The first kappa shape index (κ1) is 8.84. The van der Waals surface area contributed by atoms with Crippen LogP contribution in [-0.2, 0) is 0 Å².